The van der Waals surface area contributed by atoms with Gasteiger partial charge < -0.3 is 11.1 Å². The fourth-order valence-electron chi connectivity index (χ4n) is 3.57. The number of allylic oxidation sites excluding steroid dienone is 5. The van der Waals surface area contributed by atoms with Gasteiger partial charge in [-0.05, 0) is 55.0 Å². The molecule has 1 aromatic heterocycles. The molecule has 0 saturated heterocycles. The molecule has 3 aromatic rings. The molecular formula is C29H38N4. The van der Waals surface area contributed by atoms with Crippen LogP contribution in [0.2, 0.25) is 0 Å². The van der Waals surface area contributed by atoms with E-state index in [2.05, 4.69) is 72.7 Å². The molecule has 0 spiro atoms. The summed E-state index contributed by atoms with van der Waals surface area (Å²) in [6.45, 7) is 11.1. The molecule has 0 aliphatic carbocycles. The van der Waals surface area contributed by atoms with Crippen LogP contribution in [0, 0.1) is 0 Å². The van der Waals surface area contributed by atoms with Gasteiger partial charge in [0.25, 0.3) is 0 Å². The maximum absolute atomic E-state index is 6.24. The fraction of sp³-hybridized carbons (Fsp3) is 0.310. The quantitative estimate of drug-likeness (QED) is 0.344. The molecule has 1 heterocycles. The molecule has 4 nitrogen and oxygen atoms in total. The highest BCUT2D eigenvalue weighted by atomic mass is 15.0. The molecule has 0 bridgehead atoms. The molecule has 33 heavy (non-hydrogen) atoms. The summed E-state index contributed by atoms with van der Waals surface area (Å²) in [6.07, 6.45) is 11.3. The molecule has 4 heteroatoms. The van der Waals surface area contributed by atoms with Gasteiger partial charge in [-0.15, -0.1) is 0 Å². The number of benzene rings is 2. The van der Waals surface area contributed by atoms with Crippen molar-refractivity contribution in [3.05, 3.63) is 89.7 Å². The number of fused-ring (bicyclic) bond motifs is 1. The zero-order valence-corrected chi connectivity index (χ0v) is 20.7. The summed E-state index contributed by atoms with van der Waals surface area (Å²) in [6, 6.07) is 16.6. The van der Waals surface area contributed by atoms with E-state index in [9.17, 15) is 0 Å². The van der Waals surface area contributed by atoms with Crippen molar-refractivity contribution < 1.29 is 0 Å². The fourth-order valence-corrected chi connectivity index (χ4v) is 3.57. The van der Waals surface area contributed by atoms with Gasteiger partial charge in [-0.25, -0.2) is 9.97 Å². The van der Waals surface area contributed by atoms with Crippen molar-refractivity contribution >= 4 is 28.1 Å². The number of rotatable bonds is 9. The van der Waals surface area contributed by atoms with E-state index in [0.29, 0.717) is 5.82 Å². The van der Waals surface area contributed by atoms with Gasteiger partial charge in [-0.2, -0.15) is 0 Å². The van der Waals surface area contributed by atoms with E-state index in [0.717, 1.165) is 48.2 Å². The second-order valence-corrected chi connectivity index (χ2v) is 7.42. The van der Waals surface area contributed by atoms with Crippen LogP contribution in [-0.4, -0.2) is 16.5 Å². The third-order valence-corrected chi connectivity index (χ3v) is 5.16. The standard InChI is InChI=1S/C27H32N4.C2H6/c1-4-7-13-21(6-3)22-14-10-12-20(19-22)17-18-29-25(11-5-2)26-27(28)31-24-16-9-8-15-23(24)30-26;1-2/h4,7-16,19,29H,5-6,17-18H2,1-3H3,(H2,28,31);1-2H3/b7-4-,21-13+,25-11+;. The second-order valence-electron chi connectivity index (χ2n) is 7.42. The Morgan fingerprint density at radius 2 is 1.73 bits per heavy atom. The van der Waals surface area contributed by atoms with Gasteiger partial charge in [0.05, 0.1) is 16.7 Å². The molecule has 0 radical (unpaired) electrons. The number of para-hydroxylation sites is 2. The Hall–Kier alpha value is -3.40. The van der Waals surface area contributed by atoms with E-state index < -0.39 is 0 Å². The number of nitrogens with one attached hydrogen (secondary N) is 1. The highest BCUT2D eigenvalue weighted by Crippen LogP contribution is 2.22. The first-order valence-electron chi connectivity index (χ1n) is 12.0. The van der Waals surface area contributed by atoms with E-state index >= 15 is 0 Å². The molecule has 0 unspecified atom stereocenters. The first kappa shape index (κ1) is 25.9. The number of aromatic nitrogens is 2. The van der Waals surface area contributed by atoms with Gasteiger partial charge in [0, 0.05) is 6.54 Å². The average Bonchev–Trinajstić information content (AvgIpc) is 2.85. The summed E-state index contributed by atoms with van der Waals surface area (Å²) in [7, 11) is 0. The van der Waals surface area contributed by atoms with Crippen LogP contribution >= 0.6 is 0 Å². The minimum absolute atomic E-state index is 0.453. The van der Waals surface area contributed by atoms with Crippen molar-refractivity contribution in [2.75, 3.05) is 12.3 Å². The van der Waals surface area contributed by atoms with E-state index in [1.807, 2.05) is 45.0 Å². The number of nitrogens with zero attached hydrogens (tertiary/aromatic N) is 2. The molecule has 0 aliphatic rings. The molecule has 3 rings (SSSR count). The molecular weight excluding hydrogens is 404 g/mol. The van der Waals surface area contributed by atoms with Crippen LogP contribution in [0.1, 0.15) is 64.3 Å². The number of hydrogen-bond acceptors (Lipinski definition) is 4. The van der Waals surface area contributed by atoms with Gasteiger partial charge in [0.1, 0.15) is 5.69 Å². The Morgan fingerprint density at radius 1 is 1.00 bits per heavy atom. The van der Waals surface area contributed by atoms with E-state index in [-0.39, 0.29) is 0 Å². The Balaban J connectivity index is 0.00000187. The lowest BCUT2D eigenvalue weighted by atomic mass is 9.99. The molecule has 2 aromatic carbocycles. The van der Waals surface area contributed by atoms with Crippen LogP contribution in [0.15, 0.2) is 72.8 Å². The first-order chi connectivity index (χ1) is 16.2. The highest BCUT2D eigenvalue weighted by Gasteiger charge is 2.11. The maximum Gasteiger partial charge on any atom is 0.152 e. The van der Waals surface area contributed by atoms with Crippen molar-refractivity contribution in [1.29, 1.82) is 0 Å². The number of hydrogen-bond donors (Lipinski definition) is 2. The predicted octanol–water partition coefficient (Wildman–Crippen LogP) is 7.19. The van der Waals surface area contributed by atoms with Crippen molar-refractivity contribution in [3.63, 3.8) is 0 Å². The molecule has 0 amide bonds. The smallest absolute Gasteiger partial charge is 0.152 e. The number of nitrogen functional groups attached to an aromatic ring is 1. The molecule has 0 aliphatic heterocycles. The Morgan fingerprint density at radius 3 is 2.39 bits per heavy atom. The van der Waals surface area contributed by atoms with Crippen LogP contribution < -0.4 is 11.1 Å². The SMILES string of the molecule is C/C=C\C=C(/CC)c1cccc(CCN/C(=C/CC)c2nc3ccccc3nc2N)c1.CC. The summed E-state index contributed by atoms with van der Waals surface area (Å²) in [5.74, 6) is 0.453. The van der Waals surface area contributed by atoms with Gasteiger partial charge in [0.2, 0.25) is 0 Å². The van der Waals surface area contributed by atoms with E-state index in [1.165, 1.54) is 16.7 Å². The Labute approximate surface area is 199 Å². The largest absolute Gasteiger partial charge is 0.383 e. The average molecular weight is 443 g/mol. The van der Waals surface area contributed by atoms with E-state index in [1.54, 1.807) is 0 Å². The Bertz CT molecular complexity index is 1110. The molecule has 0 fully saturated rings. The first-order valence-corrected chi connectivity index (χ1v) is 12.0. The molecule has 0 atom stereocenters. The van der Waals surface area contributed by atoms with Crippen molar-refractivity contribution in [2.24, 2.45) is 0 Å². The number of anilines is 1. The molecule has 3 N–H and O–H groups in total. The molecule has 174 valence electrons. The van der Waals surface area contributed by atoms with Crippen LogP contribution in [0.25, 0.3) is 22.3 Å². The summed E-state index contributed by atoms with van der Waals surface area (Å²) in [5, 5.41) is 3.54. The Kier molecular flexibility index (Phi) is 10.9. The lowest BCUT2D eigenvalue weighted by Crippen LogP contribution is -2.18. The topological polar surface area (TPSA) is 63.8 Å². The van der Waals surface area contributed by atoms with Crippen molar-refractivity contribution in [1.82, 2.24) is 15.3 Å². The summed E-state index contributed by atoms with van der Waals surface area (Å²) < 4.78 is 0. The summed E-state index contributed by atoms with van der Waals surface area (Å²) >= 11 is 0. The second kappa shape index (κ2) is 13.9. The maximum atomic E-state index is 6.24. The molecule has 0 saturated carbocycles. The zero-order valence-electron chi connectivity index (χ0n) is 20.7. The van der Waals surface area contributed by atoms with Crippen molar-refractivity contribution in [2.45, 2.75) is 53.9 Å². The van der Waals surface area contributed by atoms with Crippen LogP contribution in [0.3, 0.4) is 0 Å². The third kappa shape index (κ3) is 7.31. The summed E-state index contributed by atoms with van der Waals surface area (Å²) in [4.78, 5) is 9.30. The van der Waals surface area contributed by atoms with Crippen LogP contribution in [-0.2, 0) is 6.42 Å². The normalized spacial score (nSPS) is 12.0. The lowest BCUT2D eigenvalue weighted by Gasteiger charge is -2.14. The predicted molar refractivity (Wildman–Crippen MR) is 145 cm³/mol. The number of nitrogens with two attached hydrogens (primary N) is 1. The summed E-state index contributed by atoms with van der Waals surface area (Å²) in [5.41, 5.74) is 13.5. The monoisotopic (exact) mass is 442 g/mol. The lowest BCUT2D eigenvalue weighted by molar-refractivity contribution is 0.840. The third-order valence-electron chi connectivity index (χ3n) is 5.16. The van der Waals surface area contributed by atoms with Crippen LogP contribution in [0.5, 0.6) is 0 Å². The minimum atomic E-state index is 0.453. The minimum Gasteiger partial charge on any atom is -0.383 e. The van der Waals surface area contributed by atoms with Gasteiger partial charge in [-0.1, -0.05) is 88.4 Å². The van der Waals surface area contributed by atoms with Crippen LogP contribution in [0.4, 0.5) is 5.82 Å². The van der Waals surface area contributed by atoms with Gasteiger partial charge >= 0.3 is 0 Å². The van der Waals surface area contributed by atoms with Gasteiger partial charge in [-0.3, -0.25) is 0 Å². The highest BCUT2D eigenvalue weighted by molar-refractivity contribution is 5.80. The zero-order chi connectivity index (χ0) is 24.1. The van der Waals surface area contributed by atoms with Gasteiger partial charge in [0.15, 0.2) is 5.82 Å². The van der Waals surface area contributed by atoms with E-state index in [4.69, 9.17) is 10.7 Å². The van der Waals surface area contributed by atoms with Crippen molar-refractivity contribution in [3.8, 4) is 0 Å².